The highest BCUT2D eigenvalue weighted by Gasteiger charge is 2.16. The third-order valence-corrected chi connectivity index (χ3v) is 4.05. The van der Waals surface area contributed by atoms with Crippen molar-refractivity contribution in [2.75, 3.05) is 6.26 Å². The van der Waals surface area contributed by atoms with Crippen LogP contribution in [0.2, 0.25) is 0 Å². The molecule has 4 nitrogen and oxygen atoms in total. The molecule has 1 aromatic carbocycles. The van der Waals surface area contributed by atoms with Crippen LogP contribution in [0.5, 0.6) is 5.88 Å². The minimum absolute atomic E-state index is 0.00533. The number of aromatic nitrogens is 2. The summed E-state index contributed by atoms with van der Waals surface area (Å²) in [6.07, 6.45) is 5.54. The smallest absolute Gasteiger partial charge is 0.237 e. The number of aromatic hydroxyl groups is 1. The Balaban J connectivity index is 2.08. The van der Waals surface area contributed by atoms with E-state index in [0.717, 1.165) is 21.3 Å². The third kappa shape index (κ3) is 2.21. The van der Waals surface area contributed by atoms with E-state index in [-0.39, 0.29) is 5.88 Å². The summed E-state index contributed by atoms with van der Waals surface area (Å²) in [7, 11) is 0. The maximum Gasteiger partial charge on any atom is 0.237 e. The van der Waals surface area contributed by atoms with Crippen LogP contribution in [0.4, 0.5) is 5.69 Å². The zero-order chi connectivity index (χ0) is 13.4. The van der Waals surface area contributed by atoms with E-state index < -0.39 is 0 Å². The fourth-order valence-electron chi connectivity index (χ4n) is 1.93. The highest BCUT2D eigenvalue weighted by atomic mass is 79.9. The van der Waals surface area contributed by atoms with Gasteiger partial charge in [-0.1, -0.05) is 33.8 Å². The second-order valence-corrected chi connectivity index (χ2v) is 5.62. The van der Waals surface area contributed by atoms with Gasteiger partial charge in [0, 0.05) is 21.8 Å². The fourth-order valence-corrected chi connectivity index (χ4v) is 2.90. The van der Waals surface area contributed by atoms with Gasteiger partial charge in [-0.3, -0.25) is 4.99 Å². The predicted molar refractivity (Wildman–Crippen MR) is 82.2 cm³/mol. The molecule has 0 saturated heterocycles. The quantitative estimate of drug-likeness (QED) is 0.819. The van der Waals surface area contributed by atoms with Crippen LogP contribution in [0.25, 0.3) is 11.6 Å². The number of halogens is 1. The lowest BCUT2D eigenvalue weighted by molar-refractivity contribution is 0.453. The lowest BCUT2D eigenvalue weighted by Gasteiger charge is -2.02. The first-order valence-electron chi connectivity index (χ1n) is 5.56. The van der Waals surface area contributed by atoms with Gasteiger partial charge in [0.15, 0.2) is 5.16 Å². The molecule has 19 heavy (non-hydrogen) atoms. The van der Waals surface area contributed by atoms with Crippen LogP contribution in [0.3, 0.4) is 0 Å². The van der Waals surface area contributed by atoms with Crippen molar-refractivity contribution in [3.05, 3.63) is 33.9 Å². The second kappa shape index (κ2) is 4.86. The van der Waals surface area contributed by atoms with Crippen LogP contribution in [-0.2, 0) is 0 Å². The third-order valence-electron chi connectivity index (χ3n) is 2.81. The lowest BCUT2D eigenvalue weighted by atomic mass is 10.1. The summed E-state index contributed by atoms with van der Waals surface area (Å²) in [6.45, 7) is 0. The van der Waals surface area contributed by atoms with E-state index in [4.69, 9.17) is 0 Å². The molecule has 0 atom stereocenters. The molecular formula is C13H10BrN3OS. The number of thioether (sulfide) groups is 1. The molecule has 96 valence electrons. The standard InChI is InChI=1S/C13H10BrN3OS/c1-19-13-16-10(12(18)17-13)5-7-6-15-9-4-2-3-8(14)11(7)9/h2-6,18H,1H3,(H,16,17). The van der Waals surface area contributed by atoms with Crippen LogP contribution in [0.15, 0.2) is 32.8 Å². The Hall–Kier alpha value is -1.53. The van der Waals surface area contributed by atoms with Gasteiger partial charge < -0.3 is 10.1 Å². The summed E-state index contributed by atoms with van der Waals surface area (Å²) in [6, 6.07) is 5.88. The van der Waals surface area contributed by atoms with Crippen molar-refractivity contribution in [1.29, 1.82) is 0 Å². The van der Waals surface area contributed by atoms with Gasteiger partial charge in [-0.05, 0) is 24.5 Å². The first-order chi connectivity index (χ1) is 9.19. The van der Waals surface area contributed by atoms with E-state index in [9.17, 15) is 5.11 Å². The highest BCUT2D eigenvalue weighted by molar-refractivity contribution is 9.10. The molecule has 0 aliphatic carbocycles. The molecule has 2 N–H and O–H groups in total. The average molecular weight is 336 g/mol. The van der Waals surface area contributed by atoms with Gasteiger partial charge in [0.1, 0.15) is 5.69 Å². The monoisotopic (exact) mass is 335 g/mol. The summed E-state index contributed by atoms with van der Waals surface area (Å²) >= 11 is 4.98. The number of rotatable bonds is 2. The van der Waals surface area contributed by atoms with Gasteiger partial charge in [-0.25, -0.2) is 0 Å². The first kappa shape index (κ1) is 12.5. The van der Waals surface area contributed by atoms with E-state index in [2.05, 4.69) is 30.9 Å². The Labute approximate surface area is 122 Å². The number of aliphatic imine (C=N–C) groups is 1. The number of aromatic amines is 1. The Bertz CT molecular complexity index is 706. The van der Waals surface area contributed by atoms with E-state index in [1.54, 1.807) is 6.21 Å². The number of hydrogen-bond acceptors (Lipinski definition) is 4. The van der Waals surface area contributed by atoms with Crippen LogP contribution in [-0.4, -0.2) is 27.5 Å². The zero-order valence-corrected chi connectivity index (χ0v) is 12.4. The Kier molecular flexibility index (Phi) is 3.20. The molecule has 0 unspecified atom stereocenters. The predicted octanol–water partition coefficient (Wildman–Crippen LogP) is 3.86. The molecule has 3 rings (SSSR count). The largest absolute Gasteiger partial charge is 0.492 e. The average Bonchev–Trinajstić information content (AvgIpc) is 2.96. The Morgan fingerprint density at radius 2 is 2.26 bits per heavy atom. The van der Waals surface area contributed by atoms with Gasteiger partial charge >= 0.3 is 0 Å². The van der Waals surface area contributed by atoms with Crippen LogP contribution < -0.4 is 0 Å². The van der Waals surface area contributed by atoms with E-state index in [1.165, 1.54) is 11.8 Å². The molecule has 1 aliphatic heterocycles. The van der Waals surface area contributed by atoms with E-state index in [1.807, 2.05) is 30.5 Å². The van der Waals surface area contributed by atoms with Crippen LogP contribution in [0.1, 0.15) is 11.3 Å². The summed E-state index contributed by atoms with van der Waals surface area (Å²) < 4.78 is 0.984. The number of H-pyrrole nitrogens is 1. The van der Waals surface area contributed by atoms with E-state index in [0.29, 0.717) is 10.9 Å². The van der Waals surface area contributed by atoms with Crippen LogP contribution in [0, 0.1) is 0 Å². The van der Waals surface area contributed by atoms with Gasteiger partial charge in [0.2, 0.25) is 5.88 Å². The Morgan fingerprint density at radius 3 is 3.00 bits per heavy atom. The minimum Gasteiger partial charge on any atom is -0.492 e. The molecule has 0 amide bonds. The number of fused-ring (bicyclic) bond motifs is 1. The highest BCUT2D eigenvalue weighted by Crippen LogP contribution is 2.38. The second-order valence-electron chi connectivity index (χ2n) is 3.98. The molecule has 0 spiro atoms. The number of allylic oxidation sites excluding steroid dienone is 1. The Morgan fingerprint density at radius 1 is 1.42 bits per heavy atom. The number of imidazole rings is 1. The molecule has 1 aromatic heterocycles. The maximum atomic E-state index is 9.78. The minimum atomic E-state index is 0.00533. The first-order valence-corrected chi connectivity index (χ1v) is 7.58. The van der Waals surface area contributed by atoms with Crippen LogP contribution >= 0.6 is 27.7 Å². The number of hydrogen-bond donors (Lipinski definition) is 2. The zero-order valence-electron chi connectivity index (χ0n) is 10.0. The van der Waals surface area contributed by atoms with Crippen molar-refractivity contribution < 1.29 is 5.11 Å². The number of benzene rings is 1. The topological polar surface area (TPSA) is 61.3 Å². The van der Waals surface area contributed by atoms with E-state index >= 15 is 0 Å². The molecule has 6 heteroatoms. The van der Waals surface area contributed by atoms with Crippen molar-refractivity contribution in [3.63, 3.8) is 0 Å². The molecule has 2 heterocycles. The SMILES string of the molecule is CSc1nc(O)c(C=C2C=Nc3cccc(Br)c32)[nH]1. The molecule has 1 aliphatic rings. The van der Waals surface area contributed by atoms with Crippen molar-refractivity contribution in [1.82, 2.24) is 9.97 Å². The number of nitrogens with one attached hydrogen (secondary N) is 1. The van der Waals surface area contributed by atoms with Gasteiger partial charge in [0.05, 0.1) is 5.69 Å². The summed E-state index contributed by atoms with van der Waals surface area (Å²) in [5, 5.41) is 10.5. The number of nitrogens with zero attached hydrogens (tertiary/aromatic N) is 2. The van der Waals surface area contributed by atoms with Gasteiger partial charge in [-0.2, -0.15) is 4.98 Å². The molecule has 0 radical (unpaired) electrons. The van der Waals surface area contributed by atoms with Crippen molar-refractivity contribution in [2.24, 2.45) is 4.99 Å². The van der Waals surface area contributed by atoms with Crippen molar-refractivity contribution in [3.8, 4) is 5.88 Å². The summed E-state index contributed by atoms with van der Waals surface area (Å²) in [5.41, 5.74) is 3.48. The maximum absolute atomic E-state index is 9.78. The molecule has 0 fully saturated rings. The molecule has 0 bridgehead atoms. The van der Waals surface area contributed by atoms with Crippen molar-refractivity contribution >= 4 is 51.2 Å². The molecule has 2 aromatic rings. The van der Waals surface area contributed by atoms with Crippen molar-refractivity contribution in [2.45, 2.75) is 5.16 Å². The normalized spacial score (nSPS) is 15.2. The fraction of sp³-hybridized carbons (Fsp3) is 0.0769. The summed E-state index contributed by atoms with van der Waals surface area (Å²) in [4.78, 5) is 11.4. The molecule has 0 saturated carbocycles. The van der Waals surface area contributed by atoms with Gasteiger partial charge in [-0.15, -0.1) is 0 Å². The van der Waals surface area contributed by atoms with Gasteiger partial charge in [0.25, 0.3) is 0 Å². The molecular weight excluding hydrogens is 326 g/mol. The lowest BCUT2D eigenvalue weighted by Crippen LogP contribution is -1.83. The summed E-state index contributed by atoms with van der Waals surface area (Å²) in [5.74, 6) is 0.00533.